The molecule has 2 aromatic heterocycles. The normalized spacial score (nSPS) is 10.6. The van der Waals surface area contributed by atoms with Crippen LogP contribution in [0.15, 0.2) is 16.7 Å². The van der Waals surface area contributed by atoms with Crippen molar-refractivity contribution in [1.82, 2.24) is 4.98 Å². The lowest BCUT2D eigenvalue weighted by atomic mass is 10.4. The van der Waals surface area contributed by atoms with E-state index in [2.05, 4.69) is 27.6 Å². The van der Waals surface area contributed by atoms with Crippen molar-refractivity contribution in [3.8, 4) is 0 Å². The van der Waals surface area contributed by atoms with Crippen LogP contribution in [0.25, 0.3) is 11.1 Å². The first-order valence-electron chi connectivity index (χ1n) is 3.03. The number of rotatable bonds is 1. The minimum atomic E-state index is 0.583. The molecule has 2 heterocycles. The van der Waals surface area contributed by atoms with Crippen molar-refractivity contribution in [3.63, 3.8) is 0 Å². The number of hydrogen-bond donors (Lipinski definition) is 1. The molecule has 0 aromatic carbocycles. The number of carbonyl (C=O) groups excluding carboxylic acids is 1. The smallest absolute Gasteiger partial charge is 0.167 e. The molecule has 0 saturated heterocycles. The second-order valence-corrected chi connectivity index (χ2v) is 3.21. The summed E-state index contributed by atoms with van der Waals surface area (Å²) in [5.74, 6) is 0. The average molecular weight is 261 g/mol. The van der Waals surface area contributed by atoms with Crippen LogP contribution in [0.3, 0.4) is 0 Å². The van der Waals surface area contributed by atoms with Crippen LogP contribution in [0.5, 0.6) is 0 Å². The van der Waals surface area contributed by atoms with Crippen LogP contribution in [0, 0.1) is 3.57 Å². The minimum absolute atomic E-state index is 0.583. The molecule has 2 rings (SSSR count). The van der Waals surface area contributed by atoms with Crippen LogP contribution in [0.1, 0.15) is 10.5 Å². The highest BCUT2D eigenvalue weighted by molar-refractivity contribution is 14.1. The molecule has 0 saturated carbocycles. The number of hydrogen-bond acceptors (Lipinski definition) is 2. The lowest BCUT2D eigenvalue weighted by Gasteiger charge is -1.81. The van der Waals surface area contributed by atoms with Crippen LogP contribution in [-0.2, 0) is 0 Å². The van der Waals surface area contributed by atoms with Gasteiger partial charge in [0.25, 0.3) is 0 Å². The largest absolute Gasteiger partial charge is 0.462 e. The zero-order chi connectivity index (χ0) is 7.84. The summed E-state index contributed by atoms with van der Waals surface area (Å²) in [6.07, 6.45) is 2.38. The molecule has 0 aliphatic heterocycles. The van der Waals surface area contributed by atoms with Crippen molar-refractivity contribution in [1.29, 1.82) is 0 Å². The van der Waals surface area contributed by atoms with Crippen molar-refractivity contribution in [2.75, 3.05) is 0 Å². The van der Waals surface area contributed by atoms with E-state index in [1.165, 1.54) is 0 Å². The van der Waals surface area contributed by atoms with E-state index in [1.807, 2.05) is 0 Å². The number of nitrogens with one attached hydrogen (secondary N) is 1. The molecule has 2 aromatic rings. The predicted molar refractivity (Wildman–Crippen MR) is 48.7 cm³/mol. The van der Waals surface area contributed by atoms with E-state index in [9.17, 15) is 4.79 Å². The Kier molecular flexibility index (Phi) is 1.49. The van der Waals surface area contributed by atoms with Crippen molar-refractivity contribution >= 4 is 40.0 Å². The third-order valence-corrected chi connectivity index (χ3v) is 2.56. The predicted octanol–water partition coefficient (Wildman–Crippen LogP) is 2.18. The maximum Gasteiger partial charge on any atom is 0.167 e. The van der Waals surface area contributed by atoms with Crippen LogP contribution in [-0.4, -0.2) is 11.3 Å². The molecule has 0 amide bonds. The first-order chi connectivity index (χ1) is 5.33. The molecule has 0 fully saturated rings. The van der Waals surface area contributed by atoms with Gasteiger partial charge in [0.15, 0.2) is 11.9 Å². The molecule has 0 unspecified atom stereocenters. The summed E-state index contributed by atoms with van der Waals surface area (Å²) in [5, 5.41) is 0. The number of H-pyrrole nitrogens is 1. The first-order valence-corrected chi connectivity index (χ1v) is 4.10. The zero-order valence-corrected chi connectivity index (χ0v) is 7.58. The SMILES string of the molecule is O=Cc1[nH]c2ccoc2c1I. The maximum atomic E-state index is 10.4. The van der Waals surface area contributed by atoms with Gasteiger partial charge in [0.1, 0.15) is 0 Å². The van der Waals surface area contributed by atoms with Gasteiger partial charge in [-0.05, 0) is 22.6 Å². The van der Waals surface area contributed by atoms with Gasteiger partial charge < -0.3 is 9.40 Å². The molecular weight excluding hydrogens is 257 g/mol. The molecule has 4 heteroatoms. The van der Waals surface area contributed by atoms with Crippen molar-refractivity contribution in [3.05, 3.63) is 21.6 Å². The third kappa shape index (κ3) is 0.891. The van der Waals surface area contributed by atoms with Gasteiger partial charge in [-0.25, -0.2) is 0 Å². The van der Waals surface area contributed by atoms with Gasteiger partial charge in [-0.3, -0.25) is 4.79 Å². The second-order valence-electron chi connectivity index (χ2n) is 2.13. The van der Waals surface area contributed by atoms with E-state index in [4.69, 9.17) is 4.42 Å². The van der Waals surface area contributed by atoms with E-state index in [-0.39, 0.29) is 0 Å². The van der Waals surface area contributed by atoms with Gasteiger partial charge in [0.2, 0.25) is 0 Å². The topological polar surface area (TPSA) is 46.0 Å². The fourth-order valence-corrected chi connectivity index (χ4v) is 1.66. The number of halogens is 1. The molecule has 11 heavy (non-hydrogen) atoms. The highest BCUT2D eigenvalue weighted by atomic mass is 127. The van der Waals surface area contributed by atoms with E-state index in [0.717, 1.165) is 21.0 Å². The zero-order valence-electron chi connectivity index (χ0n) is 5.43. The number of fused-ring (bicyclic) bond motifs is 1. The van der Waals surface area contributed by atoms with Crippen molar-refractivity contribution in [2.24, 2.45) is 0 Å². The lowest BCUT2D eigenvalue weighted by molar-refractivity contribution is 0.111. The standard InChI is InChI=1S/C7H4INO2/c8-6-5(3-10)9-4-1-2-11-7(4)6/h1-3,9H. The van der Waals surface area contributed by atoms with Gasteiger partial charge in [0.05, 0.1) is 21.0 Å². The van der Waals surface area contributed by atoms with Crippen LogP contribution < -0.4 is 0 Å². The Morgan fingerprint density at radius 1 is 1.64 bits per heavy atom. The molecule has 3 nitrogen and oxygen atoms in total. The Labute approximate surface area is 75.9 Å². The van der Waals surface area contributed by atoms with E-state index < -0.39 is 0 Å². The Bertz CT molecular complexity index is 401. The molecular formula is C7H4INO2. The third-order valence-electron chi connectivity index (χ3n) is 1.49. The summed E-state index contributed by atoms with van der Waals surface area (Å²) < 4.78 is 5.98. The Balaban J connectivity index is 2.86. The van der Waals surface area contributed by atoms with Crippen molar-refractivity contribution in [2.45, 2.75) is 0 Å². The second kappa shape index (κ2) is 2.37. The summed E-state index contributed by atoms with van der Waals surface area (Å²) in [5.41, 5.74) is 2.21. The molecule has 1 N–H and O–H groups in total. The maximum absolute atomic E-state index is 10.4. The summed E-state index contributed by atoms with van der Waals surface area (Å²) >= 11 is 2.07. The fourth-order valence-electron chi connectivity index (χ4n) is 0.981. The van der Waals surface area contributed by atoms with Gasteiger partial charge >= 0.3 is 0 Å². The molecule has 0 radical (unpaired) electrons. The highest BCUT2D eigenvalue weighted by Gasteiger charge is 2.09. The van der Waals surface area contributed by atoms with Crippen LogP contribution in [0.2, 0.25) is 0 Å². The van der Waals surface area contributed by atoms with E-state index in [0.29, 0.717) is 5.69 Å². The van der Waals surface area contributed by atoms with Crippen molar-refractivity contribution < 1.29 is 9.21 Å². The summed E-state index contributed by atoms with van der Waals surface area (Å²) in [7, 11) is 0. The molecule has 0 spiro atoms. The molecule has 0 atom stereocenters. The lowest BCUT2D eigenvalue weighted by Crippen LogP contribution is -1.80. The first kappa shape index (κ1) is 6.90. The minimum Gasteiger partial charge on any atom is -0.462 e. The number of aromatic nitrogens is 1. The monoisotopic (exact) mass is 261 g/mol. The summed E-state index contributed by atoms with van der Waals surface area (Å²) in [6, 6.07) is 1.80. The molecule has 56 valence electrons. The average Bonchev–Trinajstić information content (AvgIpc) is 2.53. The number of furan rings is 1. The number of aldehydes is 1. The summed E-state index contributed by atoms with van der Waals surface area (Å²) in [4.78, 5) is 13.3. The number of carbonyl (C=O) groups is 1. The van der Waals surface area contributed by atoms with E-state index in [1.54, 1.807) is 12.3 Å². The quantitative estimate of drug-likeness (QED) is 0.631. The Morgan fingerprint density at radius 2 is 2.45 bits per heavy atom. The highest BCUT2D eigenvalue weighted by Crippen LogP contribution is 2.23. The van der Waals surface area contributed by atoms with Gasteiger partial charge in [-0.15, -0.1) is 0 Å². The van der Waals surface area contributed by atoms with Gasteiger partial charge in [0, 0.05) is 6.07 Å². The Hall–Kier alpha value is -0.780. The van der Waals surface area contributed by atoms with Crippen LogP contribution >= 0.6 is 22.6 Å². The fraction of sp³-hybridized carbons (Fsp3) is 0. The number of aromatic amines is 1. The molecule has 0 aliphatic carbocycles. The van der Waals surface area contributed by atoms with Crippen LogP contribution in [0.4, 0.5) is 0 Å². The molecule has 0 aliphatic rings. The van der Waals surface area contributed by atoms with Gasteiger partial charge in [-0.1, -0.05) is 0 Å². The Morgan fingerprint density at radius 3 is 3.09 bits per heavy atom. The van der Waals surface area contributed by atoms with E-state index >= 15 is 0 Å². The summed E-state index contributed by atoms with van der Waals surface area (Å²) in [6.45, 7) is 0. The molecule has 0 bridgehead atoms. The van der Waals surface area contributed by atoms with Gasteiger partial charge in [-0.2, -0.15) is 0 Å².